The van der Waals surface area contributed by atoms with Crippen LogP contribution in [0.5, 0.6) is 0 Å². The lowest BCUT2D eigenvalue weighted by molar-refractivity contribution is -0.167. The Kier molecular flexibility index (Phi) is 52.4. The van der Waals surface area contributed by atoms with E-state index in [1.807, 2.05) is 0 Å². The Morgan fingerprint density at radius 1 is 0.309 bits per heavy atom. The van der Waals surface area contributed by atoms with Gasteiger partial charge < -0.3 is 14.2 Å². The summed E-state index contributed by atoms with van der Waals surface area (Å²) in [6, 6.07) is 0. The first-order valence-electron chi connectivity index (χ1n) is 27.9. The molecule has 0 rings (SSSR count). The Morgan fingerprint density at radius 2 is 0.588 bits per heavy atom. The van der Waals surface area contributed by atoms with E-state index in [-0.39, 0.29) is 31.1 Å². The average molecular weight is 943 g/mol. The number of esters is 3. The molecular formula is C62H102O6. The molecule has 0 N–H and O–H groups in total. The summed E-state index contributed by atoms with van der Waals surface area (Å²) >= 11 is 0. The molecule has 0 aromatic carbocycles. The van der Waals surface area contributed by atoms with Gasteiger partial charge in [0.25, 0.3) is 0 Å². The number of allylic oxidation sites excluding steroid dienone is 18. The summed E-state index contributed by atoms with van der Waals surface area (Å²) in [7, 11) is 0. The molecule has 0 amide bonds. The molecule has 0 aliphatic carbocycles. The summed E-state index contributed by atoms with van der Waals surface area (Å²) in [5.41, 5.74) is 0. The molecule has 0 radical (unpaired) electrons. The van der Waals surface area contributed by atoms with E-state index in [9.17, 15) is 14.4 Å². The normalized spacial score (nSPS) is 12.9. The molecule has 0 aliphatic heterocycles. The second-order valence-electron chi connectivity index (χ2n) is 18.1. The minimum Gasteiger partial charge on any atom is -0.462 e. The fourth-order valence-electron chi connectivity index (χ4n) is 7.28. The largest absolute Gasteiger partial charge is 0.462 e. The lowest BCUT2D eigenvalue weighted by atomic mass is 10.1. The highest BCUT2D eigenvalue weighted by Crippen LogP contribution is 2.14. The highest BCUT2D eigenvalue weighted by atomic mass is 16.6. The highest BCUT2D eigenvalue weighted by molar-refractivity contribution is 5.71. The Balaban J connectivity index is 4.49. The summed E-state index contributed by atoms with van der Waals surface area (Å²) in [5.74, 6) is -0.956. The molecule has 0 heterocycles. The molecule has 0 aromatic heterocycles. The number of hydrogen-bond acceptors (Lipinski definition) is 6. The topological polar surface area (TPSA) is 78.9 Å². The summed E-state index contributed by atoms with van der Waals surface area (Å²) in [5, 5.41) is 0. The molecule has 6 heteroatoms. The van der Waals surface area contributed by atoms with E-state index in [0.717, 1.165) is 135 Å². The van der Waals surface area contributed by atoms with Crippen LogP contribution in [0.2, 0.25) is 0 Å². The van der Waals surface area contributed by atoms with Gasteiger partial charge in [-0.15, -0.1) is 0 Å². The third kappa shape index (κ3) is 53.0. The van der Waals surface area contributed by atoms with Gasteiger partial charge in [-0.1, -0.05) is 214 Å². The number of rotatable bonds is 49. The van der Waals surface area contributed by atoms with Gasteiger partial charge in [0.2, 0.25) is 0 Å². The zero-order valence-electron chi connectivity index (χ0n) is 44.1. The molecule has 6 nitrogen and oxygen atoms in total. The van der Waals surface area contributed by atoms with Gasteiger partial charge in [-0.05, 0) is 122 Å². The van der Waals surface area contributed by atoms with Gasteiger partial charge in [-0.25, -0.2) is 0 Å². The van der Waals surface area contributed by atoms with Crippen molar-refractivity contribution < 1.29 is 28.6 Å². The summed E-state index contributed by atoms with van der Waals surface area (Å²) in [6.07, 6.45) is 75.0. The van der Waals surface area contributed by atoms with Crippen molar-refractivity contribution in [2.24, 2.45) is 0 Å². The summed E-state index contributed by atoms with van der Waals surface area (Å²) in [4.78, 5) is 38.1. The molecule has 0 bridgehead atoms. The van der Waals surface area contributed by atoms with E-state index in [1.54, 1.807) is 0 Å². The number of ether oxygens (including phenoxy) is 3. The number of carbonyl (C=O) groups excluding carboxylic acids is 3. The SMILES string of the molecule is CC/C=C\C/C=C\C/C=C\C/C=C\C/C=C\CCCCCC(=O)OC[C@@H](COC(=O)CCCCCCC/C=C\C/C=C\CCCC)OC(=O)CCCCCCCCC/C=C\C/C=C\CCCCC. The number of carbonyl (C=O) groups is 3. The predicted octanol–water partition coefficient (Wildman–Crippen LogP) is 18.7. The minimum absolute atomic E-state index is 0.101. The molecule has 0 aliphatic rings. The lowest BCUT2D eigenvalue weighted by Gasteiger charge is -2.18. The van der Waals surface area contributed by atoms with Crippen molar-refractivity contribution in [3.05, 3.63) is 109 Å². The smallest absolute Gasteiger partial charge is 0.306 e. The van der Waals surface area contributed by atoms with Crippen molar-refractivity contribution in [3.63, 3.8) is 0 Å². The predicted molar refractivity (Wildman–Crippen MR) is 293 cm³/mol. The third-order valence-electron chi connectivity index (χ3n) is 11.5. The van der Waals surface area contributed by atoms with Gasteiger partial charge in [0.05, 0.1) is 0 Å². The summed E-state index contributed by atoms with van der Waals surface area (Å²) in [6.45, 7) is 6.41. The lowest BCUT2D eigenvalue weighted by Crippen LogP contribution is -2.30. The fraction of sp³-hybridized carbons (Fsp3) is 0.661. The Hall–Kier alpha value is -3.93. The number of unbranched alkanes of at least 4 members (excludes halogenated alkanes) is 20. The van der Waals surface area contributed by atoms with E-state index in [1.165, 1.54) is 70.6 Å². The van der Waals surface area contributed by atoms with Crippen molar-refractivity contribution >= 4 is 17.9 Å². The van der Waals surface area contributed by atoms with Gasteiger partial charge in [-0.2, -0.15) is 0 Å². The molecule has 68 heavy (non-hydrogen) atoms. The first kappa shape index (κ1) is 64.1. The Labute approximate surface area is 419 Å². The van der Waals surface area contributed by atoms with Gasteiger partial charge in [0.1, 0.15) is 13.2 Å². The molecule has 0 unspecified atom stereocenters. The maximum absolute atomic E-state index is 12.8. The molecule has 0 spiro atoms. The van der Waals surface area contributed by atoms with Crippen molar-refractivity contribution in [3.8, 4) is 0 Å². The maximum Gasteiger partial charge on any atom is 0.306 e. The van der Waals surface area contributed by atoms with E-state index in [0.29, 0.717) is 19.3 Å². The van der Waals surface area contributed by atoms with Crippen molar-refractivity contribution in [1.29, 1.82) is 0 Å². The second kappa shape index (κ2) is 55.7. The third-order valence-corrected chi connectivity index (χ3v) is 11.5. The van der Waals surface area contributed by atoms with Gasteiger partial charge >= 0.3 is 17.9 Å². The van der Waals surface area contributed by atoms with Crippen molar-refractivity contribution in [2.75, 3.05) is 13.2 Å². The zero-order valence-corrected chi connectivity index (χ0v) is 44.1. The molecular weight excluding hydrogens is 841 g/mol. The maximum atomic E-state index is 12.8. The summed E-state index contributed by atoms with van der Waals surface area (Å²) < 4.78 is 16.8. The van der Waals surface area contributed by atoms with Crippen LogP contribution >= 0.6 is 0 Å². The van der Waals surface area contributed by atoms with Gasteiger partial charge in [0, 0.05) is 19.3 Å². The van der Waals surface area contributed by atoms with E-state index < -0.39 is 6.10 Å². The van der Waals surface area contributed by atoms with Gasteiger partial charge in [0.15, 0.2) is 6.10 Å². The van der Waals surface area contributed by atoms with Crippen LogP contribution < -0.4 is 0 Å². The van der Waals surface area contributed by atoms with E-state index in [4.69, 9.17) is 14.2 Å². The Bertz CT molecular complexity index is 1410. The molecule has 0 saturated heterocycles. The van der Waals surface area contributed by atoms with Crippen LogP contribution in [-0.4, -0.2) is 37.2 Å². The van der Waals surface area contributed by atoms with E-state index in [2.05, 4.69) is 130 Å². The van der Waals surface area contributed by atoms with E-state index >= 15 is 0 Å². The number of hydrogen-bond donors (Lipinski definition) is 0. The van der Waals surface area contributed by atoms with Gasteiger partial charge in [-0.3, -0.25) is 14.4 Å². The zero-order chi connectivity index (χ0) is 49.3. The quantitative estimate of drug-likeness (QED) is 0.0262. The van der Waals surface area contributed by atoms with Crippen LogP contribution in [0.1, 0.15) is 245 Å². The highest BCUT2D eigenvalue weighted by Gasteiger charge is 2.19. The average Bonchev–Trinajstić information content (AvgIpc) is 3.34. The Morgan fingerprint density at radius 3 is 0.956 bits per heavy atom. The first-order chi connectivity index (χ1) is 33.5. The standard InChI is InChI=1S/C62H102O6/c1-4-7-10-13-16-19-22-25-28-30-31-33-34-37-40-43-46-49-52-55-61(64)67-58-59(57-66-60(63)54-51-48-45-42-39-36-27-24-21-18-15-12-9-6-3)68-62(65)56-53-50-47-44-41-38-35-32-29-26-23-20-17-14-11-8-5-2/h7,10,15-20,24-29,31,33,37,40,59H,4-6,8-9,11-14,21-23,30,32,34-36,38-39,41-58H2,1-3H3/b10-7-,18-15-,19-16-,20-17-,27-24-,28-25-,29-26-,33-31-,40-37-/t59-/m1/s1. The van der Waals surface area contributed by atoms with Crippen molar-refractivity contribution in [1.82, 2.24) is 0 Å². The minimum atomic E-state index is -0.804. The molecule has 0 fully saturated rings. The first-order valence-corrected chi connectivity index (χ1v) is 27.9. The van der Waals surface area contributed by atoms with Crippen LogP contribution in [-0.2, 0) is 28.6 Å². The molecule has 1 atom stereocenters. The molecule has 386 valence electrons. The monoisotopic (exact) mass is 943 g/mol. The van der Waals surface area contributed by atoms with Crippen LogP contribution in [0.4, 0.5) is 0 Å². The van der Waals surface area contributed by atoms with Crippen LogP contribution in [0.3, 0.4) is 0 Å². The molecule has 0 saturated carbocycles. The van der Waals surface area contributed by atoms with Crippen LogP contribution in [0, 0.1) is 0 Å². The van der Waals surface area contributed by atoms with Crippen LogP contribution in [0.15, 0.2) is 109 Å². The van der Waals surface area contributed by atoms with Crippen molar-refractivity contribution in [2.45, 2.75) is 252 Å². The molecule has 0 aromatic rings. The fourth-order valence-corrected chi connectivity index (χ4v) is 7.28. The van der Waals surface area contributed by atoms with Crippen LogP contribution in [0.25, 0.3) is 0 Å². The second-order valence-corrected chi connectivity index (χ2v) is 18.1.